The van der Waals surface area contributed by atoms with Gasteiger partial charge in [-0.25, -0.2) is 14.5 Å². The van der Waals surface area contributed by atoms with Crippen LogP contribution in [0.2, 0.25) is 0 Å². The number of esters is 1. The van der Waals surface area contributed by atoms with E-state index in [0.29, 0.717) is 6.42 Å². The zero-order valence-corrected chi connectivity index (χ0v) is 18.9. The molecule has 2 heterocycles. The quantitative estimate of drug-likeness (QED) is 0.506. The van der Waals surface area contributed by atoms with Gasteiger partial charge in [-0.1, -0.05) is 30.3 Å². The fraction of sp³-hybridized carbons (Fsp3) is 0.565. The first-order chi connectivity index (χ1) is 15.1. The first-order valence-corrected chi connectivity index (χ1v) is 10.8. The van der Waals surface area contributed by atoms with Gasteiger partial charge in [-0.2, -0.15) is 0 Å². The van der Waals surface area contributed by atoms with Crippen molar-refractivity contribution in [3.8, 4) is 0 Å². The van der Waals surface area contributed by atoms with Gasteiger partial charge in [0.25, 0.3) is 0 Å². The van der Waals surface area contributed by atoms with Crippen molar-refractivity contribution in [3.05, 3.63) is 35.9 Å². The van der Waals surface area contributed by atoms with E-state index in [4.69, 9.17) is 14.2 Å². The molecule has 3 rings (SSSR count). The number of cyclic esters (lactones) is 1. The maximum absolute atomic E-state index is 13.5. The summed E-state index contributed by atoms with van der Waals surface area (Å²) in [7, 11) is 0. The fourth-order valence-electron chi connectivity index (χ4n) is 3.96. The Balaban J connectivity index is 1.81. The molecule has 0 spiro atoms. The maximum Gasteiger partial charge on any atom is 0.416 e. The zero-order chi connectivity index (χ0) is 23.5. The van der Waals surface area contributed by atoms with E-state index in [9.17, 15) is 19.2 Å². The van der Waals surface area contributed by atoms with Gasteiger partial charge in [0.1, 0.15) is 12.2 Å². The lowest BCUT2D eigenvalue weighted by Crippen LogP contribution is -2.46. The number of ether oxygens (including phenoxy) is 3. The summed E-state index contributed by atoms with van der Waals surface area (Å²) < 4.78 is 15.7. The molecule has 0 saturated carbocycles. The summed E-state index contributed by atoms with van der Waals surface area (Å²) in [6, 6.07) is 8.98. The number of hydrogen-bond donors (Lipinski definition) is 0. The molecule has 3 amide bonds. The lowest BCUT2D eigenvalue weighted by Gasteiger charge is -2.25. The van der Waals surface area contributed by atoms with Gasteiger partial charge in [-0.3, -0.25) is 9.59 Å². The summed E-state index contributed by atoms with van der Waals surface area (Å²) in [5, 5.41) is 0. The summed E-state index contributed by atoms with van der Waals surface area (Å²) in [5.41, 5.74) is 0.232. The first-order valence-electron chi connectivity index (χ1n) is 10.8. The SMILES string of the molecule is CCOC(=O)[C@@H]1CN(C(=O)OC(C)(C)C)C[C@H]1C(=O)N1C(=O)OCC1Cc1ccccc1. The van der Waals surface area contributed by atoms with Crippen LogP contribution in [0, 0.1) is 11.8 Å². The number of likely N-dealkylation sites (tertiary alicyclic amines) is 1. The lowest BCUT2D eigenvalue weighted by atomic mass is 9.93. The summed E-state index contributed by atoms with van der Waals surface area (Å²) in [6.45, 7) is 7.04. The van der Waals surface area contributed by atoms with E-state index in [0.717, 1.165) is 10.5 Å². The third-order valence-corrected chi connectivity index (χ3v) is 5.39. The van der Waals surface area contributed by atoms with Crippen molar-refractivity contribution >= 4 is 24.1 Å². The Morgan fingerprint density at radius 3 is 2.38 bits per heavy atom. The summed E-state index contributed by atoms with van der Waals surface area (Å²) in [4.78, 5) is 53.5. The standard InChI is InChI=1S/C23H30N2O7/c1-5-30-20(27)18-13-24(21(28)32-23(2,3)4)12-17(18)19(26)25-16(14-31-22(25)29)11-15-9-7-6-8-10-15/h6-10,16-18H,5,11-14H2,1-4H3/t16?,17-,18-/m1/s1. The number of carbonyl (C=O) groups excluding carboxylic acids is 4. The van der Waals surface area contributed by atoms with Crippen molar-refractivity contribution in [1.29, 1.82) is 0 Å². The number of hydrogen-bond acceptors (Lipinski definition) is 7. The number of carbonyl (C=O) groups is 4. The normalized spacial score (nSPS) is 23.1. The van der Waals surface area contributed by atoms with E-state index in [2.05, 4.69) is 0 Å². The molecule has 2 aliphatic heterocycles. The highest BCUT2D eigenvalue weighted by Gasteiger charge is 2.50. The molecule has 174 valence electrons. The smallest absolute Gasteiger partial charge is 0.416 e. The molecule has 0 aliphatic carbocycles. The molecular weight excluding hydrogens is 416 g/mol. The second-order valence-corrected chi connectivity index (χ2v) is 8.98. The van der Waals surface area contributed by atoms with E-state index in [1.54, 1.807) is 27.7 Å². The monoisotopic (exact) mass is 446 g/mol. The molecule has 0 bridgehead atoms. The van der Waals surface area contributed by atoms with E-state index >= 15 is 0 Å². The average molecular weight is 447 g/mol. The zero-order valence-electron chi connectivity index (χ0n) is 18.9. The third-order valence-electron chi connectivity index (χ3n) is 5.39. The Labute approximate surface area is 187 Å². The lowest BCUT2D eigenvalue weighted by molar-refractivity contribution is -0.152. The second kappa shape index (κ2) is 9.58. The molecule has 32 heavy (non-hydrogen) atoms. The average Bonchev–Trinajstić information content (AvgIpc) is 3.32. The van der Waals surface area contributed by atoms with Crippen LogP contribution >= 0.6 is 0 Å². The van der Waals surface area contributed by atoms with Crippen LogP contribution in [0.25, 0.3) is 0 Å². The van der Waals surface area contributed by atoms with Gasteiger partial charge in [0.2, 0.25) is 5.91 Å². The minimum atomic E-state index is -0.925. The highest BCUT2D eigenvalue weighted by Crippen LogP contribution is 2.31. The molecule has 2 fully saturated rings. The van der Waals surface area contributed by atoms with Crippen molar-refractivity contribution in [2.75, 3.05) is 26.3 Å². The summed E-state index contributed by atoms with van der Waals surface area (Å²) in [5.74, 6) is -2.94. The molecular formula is C23H30N2O7. The summed E-state index contributed by atoms with van der Waals surface area (Å²) in [6.07, 6.45) is -0.925. The Hall–Kier alpha value is -3.10. The van der Waals surface area contributed by atoms with Crippen molar-refractivity contribution < 1.29 is 33.4 Å². The molecule has 2 saturated heterocycles. The Bertz CT molecular complexity index is 865. The second-order valence-electron chi connectivity index (χ2n) is 8.98. The van der Waals surface area contributed by atoms with Crippen LogP contribution in [-0.2, 0) is 30.2 Å². The topological polar surface area (TPSA) is 102 Å². The van der Waals surface area contributed by atoms with Crippen LogP contribution in [0.3, 0.4) is 0 Å². The number of imide groups is 1. The number of amides is 3. The van der Waals surface area contributed by atoms with E-state index in [-0.39, 0.29) is 26.3 Å². The Kier molecular flexibility index (Phi) is 7.06. The first kappa shape index (κ1) is 23.6. The number of benzene rings is 1. The number of rotatable bonds is 5. The fourth-order valence-corrected chi connectivity index (χ4v) is 3.96. The van der Waals surface area contributed by atoms with Crippen molar-refractivity contribution in [2.24, 2.45) is 11.8 Å². The Morgan fingerprint density at radius 2 is 1.75 bits per heavy atom. The predicted octanol–water partition coefficient (Wildman–Crippen LogP) is 2.62. The Morgan fingerprint density at radius 1 is 1.09 bits per heavy atom. The van der Waals surface area contributed by atoms with Crippen molar-refractivity contribution in [3.63, 3.8) is 0 Å². The van der Waals surface area contributed by atoms with Gasteiger partial charge in [-0.15, -0.1) is 0 Å². The van der Waals surface area contributed by atoms with Crippen molar-refractivity contribution in [2.45, 2.75) is 45.8 Å². The van der Waals surface area contributed by atoms with E-state index in [1.807, 2.05) is 30.3 Å². The minimum Gasteiger partial charge on any atom is -0.466 e. The predicted molar refractivity (Wildman–Crippen MR) is 114 cm³/mol. The molecule has 1 aromatic rings. The maximum atomic E-state index is 13.5. The van der Waals surface area contributed by atoms with Crippen LogP contribution in [-0.4, -0.2) is 71.8 Å². The van der Waals surface area contributed by atoms with Gasteiger partial charge < -0.3 is 19.1 Å². The minimum absolute atomic E-state index is 0.0175. The largest absolute Gasteiger partial charge is 0.466 e. The molecule has 3 atom stereocenters. The van der Waals surface area contributed by atoms with Crippen LogP contribution in [0.15, 0.2) is 30.3 Å². The molecule has 9 heteroatoms. The van der Waals surface area contributed by atoms with Crippen LogP contribution in [0.5, 0.6) is 0 Å². The van der Waals surface area contributed by atoms with E-state index < -0.39 is 47.5 Å². The van der Waals surface area contributed by atoms with Gasteiger partial charge in [0.15, 0.2) is 0 Å². The molecule has 9 nitrogen and oxygen atoms in total. The van der Waals surface area contributed by atoms with Gasteiger partial charge in [-0.05, 0) is 39.7 Å². The van der Waals surface area contributed by atoms with Gasteiger partial charge in [0, 0.05) is 13.1 Å². The molecule has 0 radical (unpaired) electrons. The van der Waals surface area contributed by atoms with Crippen LogP contribution < -0.4 is 0 Å². The summed E-state index contributed by atoms with van der Waals surface area (Å²) >= 11 is 0. The molecule has 2 aliphatic rings. The van der Waals surface area contributed by atoms with Crippen LogP contribution in [0.4, 0.5) is 9.59 Å². The molecule has 1 unspecified atom stereocenters. The van der Waals surface area contributed by atoms with Gasteiger partial charge in [0.05, 0.1) is 24.5 Å². The van der Waals surface area contributed by atoms with Crippen molar-refractivity contribution in [1.82, 2.24) is 9.80 Å². The third kappa shape index (κ3) is 5.38. The molecule has 1 aromatic carbocycles. The number of nitrogens with zero attached hydrogens (tertiary/aromatic N) is 2. The highest BCUT2D eigenvalue weighted by molar-refractivity contribution is 5.97. The van der Waals surface area contributed by atoms with Crippen LogP contribution in [0.1, 0.15) is 33.3 Å². The van der Waals surface area contributed by atoms with E-state index in [1.165, 1.54) is 4.90 Å². The highest BCUT2D eigenvalue weighted by atomic mass is 16.6. The van der Waals surface area contributed by atoms with Gasteiger partial charge >= 0.3 is 18.2 Å². The molecule has 0 aromatic heterocycles. The molecule has 0 N–H and O–H groups in total.